The minimum atomic E-state index is -1.39. The molecule has 0 atom stereocenters. The Morgan fingerprint density at radius 3 is 2.48 bits per heavy atom. The van der Waals surface area contributed by atoms with Crippen molar-refractivity contribution in [3.63, 3.8) is 0 Å². The third-order valence-electron chi connectivity index (χ3n) is 2.45. The fourth-order valence-electron chi connectivity index (χ4n) is 1.47. The Labute approximate surface area is 122 Å². The molecule has 0 saturated heterocycles. The van der Waals surface area contributed by atoms with Crippen molar-refractivity contribution >= 4 is 17.9 Å². The Morgan fingerprint density at radius 1 is 1.29 bits per heavy atom. The number of carbonyl (C=O) groups is 3. The quantitative estimate of drug-likeness (QED) is 0.492. The zero-order valence-electron chi connectivity index (χ0n) is 11.8. The van der Waals surface area contributed by atoms with Crippen molar-refractivity contribution in [2.75, 3.05) is 6.61 Å². The van der Waals surface area contributed by atoms with Gasteiger partial charge < -0.3 is 14.6 Å². The van der Waals surface area contributed by atoms with Gasteiger partial charge in [-0.2, -0.15) is 0 Å². The number of benzene rings is 1. The number of carboxylic acids is 1. The van der Waals surface area contributed by atoms with E-state index in [-0.39, 0.29) is 23.5 Å². The van der Waals surface area contributed by atoms with Crippen LogP contribution in [0, 0.1) is 0 Å². The van der Waals surface area contributed by atoms with Gasteiger partial charge in [-0.1, -0.05) is 19.6 Å². The average Bonchev–Trinajstić information content (AvgIpc) is 2.43. The van der Waals surface area contributed by atoms with Crippen molar-refractivity contribution in [2.24, 2.45) is 0 Å². The summed E-state index contributed by atoms with van der Waals surface area (Å²) in [5.41, 5.74) is -0.457. The van der Waals surface area contributed by atoms with Gasteiger partial charge in [0.2, 0.25) is 0 Å². The molecule has 0 heterocycles. The summed E-state index contributed by atoms with van der Waals surface area (Å²) < 4.78 is 9.85. The smallest absolute Gasteiger partial charge is 0.340 e. The minimum Gasteiger partial charge on any atom is -0.478 e. The fraction of sp³-hybridized carbons (Fsp3) is 0.267. The van der Waals surface area contributed by atoms with Crippen molar-refractivity contribution in [3.8, 4) is 5.75 Å². The molecule has 0 aliphatic heterocycles. The second-order valence-corrected chi connectivity index (χ2v) is 4.29. The van der Waals surface area contributed by atoms with E-state index < -0.39 is 23.5 Å². The molecule has 0 bridgehead atoms. The van der Waals surface area contributed by atoms with Gasteiger partial charge in [0.25, 0.3) is 0 Å². The van der Waals surface area contributed by atoms with Crippen LogP contribution < -0.4 is 4.74 Å². The first-order valence-electron chi connectivity index (χ1n) is 6.29. The lowest BCUT2D eigenvalue weighted by Crippen LogP contribution is -2.16. The molecule has 21 heavy (non-hydrogen) atoms. The van der Waals surface area contributed by atoms with Crippen molar-refractivity contribution in [2.45, 2.75) is 20.3 Å². The van der Waals surface area contributed by atoms with Crippen molar-refractivity contribution in [1.29, 1.82) is 0 Å². The van der Waals surface area contributed by atoms with Gasteiger partial charge in [0.15, 0.2) is 0 Å². The molecular weight excluding hydrogens is 276 g/mol. The molecule has 0 radical (unpaired) electrons. The predicted molar refractivity (Wildman–Crippen MR) is 74.4 cm³/mol. The van der Waals surface area contributed by atoms with Crippen molar-refractivity contribution in [1.82, 2.24) is 0 Å². The van der Waals surface area contributed by atoms with E-state index >= 15 is 0 Å². The van der Waals surface area contributed by atoms with Crippen LogP contribution in [-0.2, 0) is 9.53 Å². The first-order chi connectivity index (χ1) is 9.88. The zero-order chi connectivity index (χ0) is 16.0. The van der Waals surface area contributed by atoms with E-state index in [2.05, 4.69) is 6.58 Å². The normalized spacial score (nSPS) is 9.81. The molecule has 0 aromatic heterocycles. The number of rotatable bonds is 6. The summed E-state index contributed by atoms with van der Waals surface area (Å²) in [4.78, 5) is 34.7. The summed E-state index contributed by atoms with van der Waals surface area (Å²) in [6.45, 7) is 6.83. The molecule has 0 saturated carbocycles. The van der Waals surface area contributed by atoms with Crippen LogP contribution in [0.15, 0.2) is 30.4 Å². The van der Waals surface area contributed by atoms with Crippen LogP contribution in [0.1, 0.15) is 41.0 Å². The second kappa shape index (κ2) is 7.23. The molecule has 0 unspecified atom stereocenters. The van der Waals surface area contributed by atoms with E-state index in [0.29, 0.717) is 6.42 Å². The highest BCUT2D eigenvalue weighted by molar-refractivity contribution is 6.05. The molecule has 6 nitrogen and oxygen atoms in total. The number of carboxylic acid groups (broad SMARTS) is 1. The standard InChI is InChI=1S/C15H16O6/c1-4-8-20-15(19)10-6-5-7-11(12(10)13(16)17)21-14(18)9(2)3/h5-7H,2,4,8H2,1,3H3,(H,16,17). The summed E-state index contributed by atoms with van der Waals surface area (Å²) in [6.07, 6.45) is 0.610. The molecule has 1 rings (SSSR count). The van der Waals surface area contributed by atoms with Crippen LogP contribution >= 0.6 is 0 Å². The molecule has 0 aliphatic carbocycles. The third-order valence-corrected chi connectivity index (χ3v) is 2.45. The lowest BCUT2D eigenvalue weighted by molar-refractivity contribution is -0.130. The lowest BCUT2D eigenvalue weighted by atomic mass is 10.1. The molecule has 1 aromatic rings. The second-order valence-electron chi connectivity index (χ2n) is 4.29. The van der Waals surface area contributed by atoms with Crippen LogP contribution in [0.25, 0.3) is 0 Å². The maximum Gasteiger partial charge on any atom is 0.340 e. The lowest BCUT2D eigenvalue weighted by Gasteiger charge is -2.11. The molecule has 112 valence electrons. The molecule has 0 fully saturated rings. The highest BCUT2D eigenvalue weighted by Gasteiger charge is 2.24. The summed E-state index contributed by atoms with van der Waals surface area (Å²) in [7, 11) is 0. The van der Waals surface area contributed by atoms with Gasteiger partial charge in [-0.25, -0.2) is 14.4 Å². The monoisotopic (exact) mass is 292 g/mol. The Kier molecular flexibility index (Phi) is 5.66. The van der Waals surface area contributed by atoms with Gasteiger partial charge >= 0.3 is 17.9 Å². The van der Waals surface area contributed by atoms with E-state index in [1.165, 1.54) is 25.1 Å². The summed E-state index contributed by atoms with van der Waals surface area (Å²) in [5.74, 6) is -3.15. The zero-order valence-corrected chi connectivity index (χ0v) is 11.8. The van der Waals surface area contributed by atoms with E-state index in [9.17, 15) is 19.5 Å². The van der Waals surface area contributed by atoms with Crippen LogP contribution in [0.3, 0.4) is 0 Å². The Bertz CT molecular complexity index is 588. The molecule has 6 heteroatoms. The van der Waals surface area contributed by atoms with Gasteiger partial charge in [-0.3, -0.25) is 0 Å². The number of ether oxygens (including phenoxy) is 2. The molecule has 0 spiro atoms. The SMILES string of the molecule is C=C(C)C(=O)Oc1cccc(C(=O)OCCC)c1C(=O)O. The van der Waals surface area contributed by atoms with Crippen molar-refractivity contribution in [3.05, 3.63) is 41.5 Å². The van der Waals surface area contributed by atoms with Crippen molar-refractivity contribution < 1.29 is 29.0 Å². The van der Waals surface area contributed by atoms with Crippen LogP contribution in [0.2, 0.25) is 0 Å². The van der Waals surface area contributed by atoms with E-state index in [4.69, 9.17) is 9.47 Å². The predicted octanol–water partition coefficient (Wildman–Crippen LogP) is 2.43. The van der Waals surface area contributed by atoms with Crippen LogP contribution in [0.4, 0.5) is 0 Å². The van der Waals surface area contributed by atoms with E-state index in [0.717, 1.165) is 0 Å². The first-order valence-corrected chi connectivity index (χ1v) is 6.29. The van der Waals surface area contributed by atoms with Gasteiger partial charge in [-0.05, 0) is 25.5 Å². The average molecular weight is 292 g/mol. The van der Waals surface area contributed by atoms with Gasteiger partial charge in [0.05, 0.1) is 12.2 Å². The van der Waals surface area contributed by atoms with E-state index in [1.807, 2.05) is 6.92 Å². The largest absolute Gasteiger partial charge is 0.478 e. The first kappa shape index (κ1) is 16.4. The molecule has 0 amide bonds. The third kappa shape index (κ3) is 4.17. The van der Waals surface area contributed by atoms with Gasteiger partial charge in [0, 0.05) is 5.57 Å². The molecule has 1 N–H and O–H groups in total. The summed E-state index contributed by atoms with van der Waals surface area (Å²) >= 11 is 0. The van der Waals surface area contributed by atoms with Gasteiger partial charge in [-0.15, -0.1) is 0 Å². The van der Waals surface area contributed by atoms with Crippen LogP contribution in [-0.4, -0.2) is 29.6 Å². The Morgan fingerprint density at radius 2 is 1.95 bits per heavy atom. The minimum absolute atomic E-state index is 0.116. The molecule has 1 aromatic carbocycles. The number of hydrogen-bond acceptors (Lipinski definition) is 5. The van der Waals surface area contributed by atoms with Crippen LogP contribution in [0.5, 0.6) is 5.75 Å². The van der Waals surface area contributed by atoms with E-state index in [1.54, 1.807) is 0 Å². The number of carbonyl (C=O) groups excluding carboxylic acids is 2. The highest BCUT2D eigenvalue weighted by atomic mass is 16.5. The Hall–Kier alpha value is -2.63. The summed E-state index contributed by atoms with van der Waals surface area (Å²) in [5, 5.41) is 9.25. The number of hydrogen-bond donors (Lipinski definition) is 1. The van der Waals surface area contributed by atoms with Gasteiger partial charge in [0.1, 0.15) is 11.3 Å². The molecule has 0 aliphatic rings. The number of aromatic carboxylic acids is 1. The fourth-order valence-corrected chi connectivity index (χ4v) is 1.47. The maximum atomic E-state index is 11.9. The number of esters is 2. The highest BCUT2D eigenvalue weighted by Crippen LogP contribution is 2.24. The summed E-state index contributed by atoms with van der Waals surface area (Å²) in [6, 6.07) is 4.01. The maximum absolute atomic E-state index is 11.9. The topological polar surface area (TPSA) is 89.9 Å². The Balaban J connectivity index is 3.21. The molecular formula is C15H16O6.